The number of carbonyl (C=O) groups is 1. The predicted octanol–water partition coefficient (Wildman–Crippen LogP) is -0.608. The lowest BCUT2D eigenvalue weighted by atomic mass is 10.1. The number of alkyl carbamates (subject to hydrolysis) is 1. The van der Waals surface area contributed by atoms with Gasteiger partial charge in [0.15, 0.2) is 23.2 Å². The highest BCUT2D eigenvalue weighted by Gasteiger charge is 2.45. The molecule has 0 aromatic carbocycles. The summed E-state index contributed by atoms with van der Waals surface area (Å²) in [5, 5.41) is 26.6. The number of imidazole rings is 1. The van der Waals surface area contributed by atoms with Crippen LogP contribution in [-0.4, -0.2) is 86.5 Å². The first-order valence-electron chi connectivity index (χ1n) is 9.52. The number of amides is 1. The fourth-order valence-corrected chi connectivity index (χ4v) is 3.44. The van der Waals surface area contributed by atoms with E-state index in [9.17, 15) is 15.0 Å². The Balaban J connectivity index is 1.51. The van der Waals surface area contributed by atoms with E-state index in [-0.39, 0.29) is 12.6 Å². The summed E-state index contributed by atoms with van der Waals surface area (Å²) in [5.41, 5.74) is 0.967. The molecule has 2 aliphatic heterocycles. The van der Waals surface area contributed by atoms with Gasteiger partial charge < -0.3 is 35.1 Å². The van der Waals surface area contributed by atoms with E-state index in [0.29, 0.717) is 36.7 Å². The zero-order valence-electron chi connectivity index (χ0n) is 15.9. The van der Waals surface area contributed by atoms with E-state index in [1.807, 2.05) is 0 Å². The van der Waals surface area contributed by atoms with E-state index in [1.54, 1.807) is 6.92 Å². The van der Waals surface area contributed by atoms with Gasteiger partial charge >= 0.3 is 6.09 Å². The average molecular weight is 408 g/mol. The number of aliphatic hydroxyl groups is 2. The molecule has 1 unspecified atom stereocenters. The van der Waals surface area contributed by atoms with Gasteiger partial charge in [0, 0.05) is 13.2 Å². The van der Waals surface area contributed by atoms with E-state index < -0.39 is 30.6 Å². The van der Waals surface area contributed by atoms with Crippen LogP contribution >= 0.6 is 0 Å². The van der Waals surface area contributed by atoms with Crippen molar-refractivity contribution >= 4 is 23.1 Å². The summed E-state index contributed by atoms with van der Waals surface area (Å²) >= 11 is 0. The Labute approximate surface area is 166 Å². The van der Waals surface area contributed by atoms with Crippen molar-refractivity contribution in [3.8, 4) is 0 Å². The number of ether oxygens (including phenoxy) is 3. The van der Waals surface area contributed by atoms with Crippen LogP contribution < -0.4 is 10.6 Å². The molecule has 4 heterocycles. The maximum Gasteiger partial charge on any atom is 0.407 e. The fraction of sp³-hybridized carbons (Fsp3) is 0.647. The number of carbonyl (C=O) groups excluding carboxylic acids is 1. The molecule has 4 N–H and O–H groups in total. The number of aliphatic hydroxyl groups excluding tert-OH is 2. The van der Waals surface area contributed by atoms with Crippen LogP contribution in [0.4, 0.5) is 10.6 Å². The smallest absolute Gasteiger partial charge is 0.407 e. The topological polar surface area (TPSA) is 153 Å². The summed E-state index contributed by atoms with van der Waals surface area (Å²) in [6.45, 7) is 3.27. The van der Waals surface area contributed by atoms with Gasteiger partial charge in [-0.15, -0.1) is 0 Å². The Bertz CT molecular complexity index is 856. The fourth-order valence-electron chi connectivity index (χ4n) is 3.44. The minimum atomic E-state index is -1.25. The zero-order chi connectivity index (χ0) is 20.4. The molecule has 158 valence electrons. The largest absolute Gasteiger partial charge is 0.447 e. The van der Waals surface area contributed by atoms with E-state index in [4.69, 9.17) is 14.2 Å². The third-order valence-electron chi connectivity index (χ3n) is 4.94. The zero-order valence-corrected chi connectivity index (χ0v) is 15.9. The number of anilines is 1. The summed E-state index contributed by atoms with van der Waals surface area (Å²) in [6.07, 6.45) is -1.17. The number of rotatable bonds is 6. The van der Waals surface area contributed by atoms with Crippen molar-refractivity contribution in [2.24, 2.45) is 0 Å². The van der Waals surface area contributed by atoms with Crippen LogP contribution in [-0.2, 0) is 14.2 Å². The van der Waals surface area contributed by atoms with Gasteiger partial charge in [-0.2, -0.15) is 0 Å². The van der Waals surface area contributed by atoms with Crippen molar-refractivity contribution in [3.05, 3.63) is 12.7 Å². The molecule has 0 saturated carbocycles. The van der Waals surface area contributed by atoms with Gasteiger partial charge in [0.2, 0.25) is 0 Å². The molecule has 29 heavy (non-hydrogen) atoms. The molecule has 12 heteroatoms. The molecule has 2 aliphatic rings. The van der Waals surface area contributed by atoms with Crippen molar-refractivity contribution in [2.75, 3.05) is 31.7 Å². The van der Waals surface area contributed by atoms with Crippen LogP contribution in [0.1, 0.15) is 19.6 Å². The summed E-state index contributed by atoms with van der Waals surface area (Å²) in [5.74, 6) is 0.563. The molecule has 0 bridgehead atoms. The molecule has 12 nitrogen and oxygen atoms in total. The maximum absolute atomic E-state index is 11.5. The molecule has 2 saturated heterocycles. The Morgan fingerprint density at radius 2 is 2.21 bits per heavy atom. The van der Waals surface area contributed by atoms with Crippen LogP contribution in [0.15, 0.2) is 12.7 Å². The monoisotopic (exact) mass is 408 g/mol. The lowest BCUT2D eigenvalue weighted by Gasteiger charge is -2.17. The van der Waals surface area contributed by atoms with Gasteiger partial charge in [-0.3, -0.25) is 4.57 Å². The standard InChI is InChI=1S/C17H24N6O6/c1-2-18-17(26)28-6-10-12(24)13(25)16(29-10)23-8-21-11-14(19-7-20-15(11)23)22-9-3-4-27-5-9/h7-10,12-13,16,24-25H,2-6H2,1H3,(H,18,26)(H,19,20,22)/t9-,10-,12?,13+,16-/m1/s1. The molecular formula is C17H24N6O6. The lowest BCUT2D eigenvalue weighted by Crippen LogP contribution is -2.35. The Hall–Kier alpha value is -2.54. The van der Waals surface area contributed by atoms with E-state index in [2.05, 4.69) is 25.6 Å². The number of nitrogens with zero attached hydrogens (tertiary/aromatic N) is 4. The third kappa shape index (κ3) is 3.96. The van der Waals surface area contributed by atoms with E-state index in [0.717, 1.165) is 6.42 Å². The number of fused-ring (bicyclic) bond motifs is 1. The van der Waals surface area contributed by atoms with Gasteiger partial charge in [-0.1, -0.05) is 0 Å². The van der Waals surface area contributed by atoms with E-state index >= 15 is 0 Å². The minimum absolute atomic E-state index is 0.143. The second-order valence-corrected chi connectivity index (χ2v) is 6.93. The lowest BCUT2D eigenvalue weighted by molar-refractivity contribution is -0.0532. The highest BCUT2D eigenvalue weighted by molar-refractivity contribution is 5.82. The molecule has 4 rings (SSSR count). The number of hydrogen-bond acceptors (Lipinski definition) is 10. The molecule has 0 aliphatic carbocycles. The van der Waals surface area contributed by atoms with E-state index in [1.165, 1.54) is 17.2 Å². The number of nitrogens with one attached hydrogen (secondary N) is 2. The van der Waals surface area contributed by atoms with Crippen molar-refractivity contribution in [1.29, 1.82) is 0 Å². The molecule has 0 spiro atoms. The van der Waals surface area contributed by atoms with Crippen molar-refractivity contribution in [2.45, 2.75) is 43.9 Å². The van der Waals surface area contributed by atoms with Crippen molar-refractivity contribution < 1.29 is 29.2 Å². The summed E-state index contributed by atoms with van der Waals surface area (Å²) in [7, 11) is 0. The van der Waals surface area contributed by atoms with Gasteiger partial charge in [-0.25, -0.2) is 19.7 Å². The van der Waals surface area contributed by atoms with Crippen molar-refractivity contribution in [3.63, 3.8) is 0 Å². The van der Waals surface area contributed by atoms with Crippen LogP contribution in [0, 0.1) is 0 Å². The van der Waals surface area contributed by atoms with Gasteiger partial charge in [0.05, 0.1) is 19.0 Å². The van der Waals surface area contributed by atoms with Crippen LogP contribution in [0.25, 0.3) is 11.2 Å². The molecular weight excluding hydrogens is 384 g/mol. The normalized spacial score (nSPS) is 29.3. The predicted molar refractivity (Wildman–Crippen MR) is 99.1 cm³/mol. The second-order valence-electron chi connectivity index (χ2n) is 6.93. The van der Waals surface area contributed by atoms with Gasteiger partial charge in [-0.05, 0) is 13.3 Å². The first-order chi connectivity index (χ1) is 14.1. The molecule has 1 amide bonds. The minimum Gasteiger partial charge on any atom is -0.447 e. The SMILES string of the molecule is CCNC(=O)OC[C@H]1O[C@@H](n2cnc3c(N[C@@H]4CCOC4)ncnc32)[C@@H](O)C1O. The molecule has 2 fully saturated rings. The number of hydrogen-bond donors (Lipinski definition) is 4. The summed E-state index contributed by atoms with van der Waals surface area (Å²) in [4.78, 5) is 24.3. The highest BCUT2D eigenvalue weighted by Crippen LogP contribution is 2.32. The van der Waals surface area contributed by atoms with Crippen LogP contribution in [0.5, 0.6) is 0 Å². The Morgan fingerprint density at radius 1 is 1.34 bits per heavy atom. The van der Waals surface area contributed by atoms with Crippen molar-refractivity contribution in [1.82, 2.24) is 24.8 Å². The maximum atomic E-state index is 11.5. The molecule has 0 radical (unpaired) electrons. The summed E-state index contributed by atoms with van der Waals surface area (Å²) in [6, 6.07) is 0.143. The highest BCUT2D eigenvalue weighted by atomic mass is 16.6. The molecule has 2 aromatic heterocycles. The Morgan fingerprint density at radius 3 is 2.97 bits per heavy atom. The average Bonchev–Trinajstić information content (AvgIpc) is 3.43. The molecule has 2 aromatic rings. The molecule has 5 atom stereocenters. The first kappa shape index (κ1) is 19.8. The van der Waals surface area contributed by atoms with Crippen LogP contribution in [0.2, 0.25) is 0 Å². The number of aromatic nitrogens is 4. The van der Waals surface area contributed by atoms with Crippen LogP contribution in [0.3, 0.4) is 0 Å². The Kier molecular flexibility index (Phi) is 5.76. The third-order valence-corrected chi connectivity index (χ3v) is 4.94. The van der Waals surface area contributed by atoms with Gasteiger partial charge in [0.1, 0.15) is 31.2 Å². The second kappa shape index (κ2) is 8.45. The summed E-state index contributed by atoms with van der Waals surface area (Å²) < 4.78 is 17.7. The van der Waals surface area contributed by atoms with Gasteiger partial charge in [0.25, 0.3) is 0 Å². The quantitative estimate of drug-likeness (QED) is 0.487. The first-order valence-corrected chi connectivity index (χ1v) is 9.52.